The molecule has 0 amide bonds. The average Bonchev–Trinajstić information content (AvgIpc) is 2.63. The minimum atomic E-state index is -0.568. The van der Waals surface area contributed by atoms with Crippen LogP contribution in [0.2, 0.25) is 10.3 Å². The maximum Gasteiger partial charge on any atom is 0.314 e. The van der Waals surface area contributed by atoms with Gasteiger partial charge in [0.25, 0.3) is 0 Å². The van der Waals surface area contributed by atoms with Crippen LogP contribution in [-0.2, 0) is 0 Å². The van der Waals surface area contributed by atoms with Gasteiger partial charge in [-0.3, -0.25) is 10.1 Å². The van der Waals surface area contributed by atoms with E-state index in [2.05, 4.69) is 9.97 Å². The van der Waals surface area contributed by atoms with Crippen LogP contribution in [0.4, 0.5) is 5.69 Å². The third-order valence-corrected chi connectivity index (χ3v) is 3.30. The molecular formula is C8H3Cl2N3O2S. The molecule has 2 aromatic heterocycles. The van der Waals surface area contributed by atoms with Crippen LogP contribution in [0.1, 0.15) is 0 Å². The molecular weight excluding hydrogens is 273 g/mol. The molecule has 0 fully saturated rings. The van der Waals surface area contributed by atoms with Crippen LogP contribution in [0, 0.1) is 10.1 Å². The zero-order chi connectivity index (χ0) is 11.7. The third kappa shape index (κ3) is 1.99. The molecule has 0 aliphatic rings. The topological polar surface area (TPSA) is 68.9 Å². The molecule has 0 bridgehead atoms. The number of halogens is 2. The first kappa shape index (κ1) is 11.3. The monoisotopic (exact) mass is 275 g/mol. The summed E-state index contributed by atoms with van der Waals surface area (Å²) in [5, 5.41) is 12.9. The largest absolute Gasteiger partial charge is 0.314 e. The molecule has 0 spiro atoms. The quantitative estimate of drug-likeness (QED) is 0.478. The maximum atomic E-state index is 10.8. The molecule has 0 saturated heterocycles. The first-order valence-corrected chi connectivity index (χ1v) is 5.63. The van der Waals surface area contributed by atoms with Crippen molar-refractivity contribution in [1.82, 2.24) is 9.97 Å². The zero-order valence-corrected chi connectivity index (χ0v) is 9.88. The van der Waals surface area contributed by atoms with E-state index in [1.165, 1.54) is 11.3 Å². The molecule has 8 heteroatoms. The molecule has 0 unspecified atom stereocenters. The van der Waals surface area contributed by atoms with Crippen molar-refractivity contribution in [3.63, 3.8) is 0 Å². The van der Waals surface area contributed by atoms with Gasteiger partial charge in [-0.25, -0.2) is 9.97 Å². The average molecular weight is 276 g/mol. The molecule has 5 nitrogen and oxygen atoms in total. The number of thiophene rings is 1. The number of hydrogen-bond donors (Lipinski definition) is 0. The first-order valence-electron chi connectivity index (χ1n) is 4.00. The summed E-state index contributed by atoms with van der Waals surface area (Å²) in [6.45, 7) is 0. The van der Waals surface area contributed by atoms with E-state index in [9.17, 15) is 10.1 Å². The smallest absolute Gasteiger partial charge is 0.258 e. The predicted molar refractivity (Wildman–Crippen MR) is 62.0 cm³/mol. The molecule has 16 heavy (non-hydrogen) atoms. The Balaban J connectivity index is 2.67. The Kier molecular flexibility index (Phi) is 3.04. The van der Waals surface area contributed by atoms with E-state index in [0.717, 1.165) is 6.20 Å². The summed E-state index contributed by atoms with van der Waals surface area (Å²) >= 11 is 12.8. The lowest BCUT2D eigenvalue weighted by molar-refractivity contribution is -0.384. The molecule has 82 valence electrons. The molecule has 0 radical (unpaired) electrons. The first-order chi connectivity index (χ1) is 7.59. The van der Waals surface area contributed by atoms with Gasteiger partial charge in [-0.05, 0) is 23.0 Å². The molecule has 0 aliphatic carbocycles. The van der Waals surface area contributed by atoms with E-state index in [0.29, 0.717) is 9.90 Å². The molecule has 0 aromatic carbocycles. The highest BCUT2D eigenvalue weighted by Crippen LogP contribution is 2.37. The van der Waals surface area contributed by atoms with Crippen molar-refractivity contribution < 1.29 is 4.92 Å². The van der Waals surface area contributed by atoms with Gasteiger partial charge in [-0.1, -0.05) is 11.6 Å². The van der Waals surface area contributed by atoms with Gasteiger partial charge >= 0.3 is 5.69 Å². The highest BCUT2D eigenvalue weighted by Gasteiger charge is 2.21. The summed E-state index contributed by atoms with van der Waals surface area (Å²) < 4.78 is 0. The van der Waals surface area contributed by atoms with Gasteiger partial charge in [0.05, 0.1) is 14.8 Å². The van der Waals surface area contributed by atoms with Crippen molar-refractivity contribution in [3.05, 3.63) is 38.1 Å². The van der Waals surface area contributed by atoms with Crippen LogP contribution in [0.25, 0.3) is 10.6 Å². The number of hydrogen-bond acceptors (Lipinski definition) is 5. The van der Waals surface area contributed by atoms with E-state index < -0.39 is 4.92 Å². The number of nitrogens with zero attached hydrogens (tertiary/aromatic N) is 3. The van der Waals surface area contributed by atoms with E-state index in [4.69, 9.17) is 23.2 Å². The van der Waals surface area contributed by atoms with Gasteiger partial charge in [0, 0.05) is 0 Å². The Morgan fingerprint density at radius 1 is 1.44 bits per heavy atom. The van der Waals surface area contributed by atoms with Gasteiger partial charge in [0.15, 0.2) is 5.69 Å². The number of rotatable bonds is 2. The lowest BCUT2D eigenvalue weighted by Crippen LogP contribution is -1.96. The van der Waals surface area contributed by atoms with E-state index >= 15 is 0 Å². The maximum absolute atomic E-state index is 10.8. The highest BCUT2D eigenvalue weighted by molar-refractivity contribution is 7.14. The molecule has 2 aromatic rings. The van der Waals surface area contributed by atoms with Gasteiger partial charge in [-0.2, -0.15) is 0 Å². The normalized spacial score (nSPS) is 10.4. The fourth-order valence-electron chi connectivity index (χ4n) is 1.12. The second kappa shape index (κ2) is 4.32. The summed E-state index contributed by atoms with van der Waals surface area (Å²) in [6.07, 6.45) is 1.07. The number of nitro groups is 1. The van der Waals surface area contributed by atoms with Crippen molar-refractivity contribution in [2.24, 2.45) is 0 Å². The number of aromatic nitrogens is 2. The Morgan fingerprint density at radius 2 is 2.19 bits per heavy atom. The molecule has 2 rings (SSSR count). The molecule has 0 saturated carbocycles. The standard InChI is InChI=1S/C8H3Cl2N3O2S/c9-4-1-2-16-7(4)6-5(13(14)15)3-11-8(10)12-6/h1-3H. The van der Waals surface area contributed by atoms with Crippen LogP contribution < -0.4 is 0 Å². The van der Waals surface area contributed by atoms with Crippen LogP contribution in [0.15, 0.2) is 17.6 Å². The summed E-state index contributed by atoms with van der Waals surface area (Å²) in [4.78, 5) is 18.1. The molecule has 0 atom stereocenters. The Hall–Kier alpha value is -1.24. The Labute approximate surface area is 104 Å². The van der Waals surface area contributed by atoms with Crippen LogP contribution in [-0.4, -0.2) is 14.9 Å². The second-order valence-electron chi connectivity index (χ2n) is 2.73. The summed E-state index contributed by atoms with van der Waals surface area (Å²) in [6, 6.07) is 1.64. The minimum Gasteiger partial charge on any atom is -0.258 e. The predicted octanol–water partition coefficient (Wildman–Crippen LogP) is 3.42. The van der Waals surface area contributed by atoms with Crippen molar-refractivity contribution in [2.75, 3.05) is 0 Å². The minimum absolute atomic E-state index is 0.0509. The van der Waals surface area contributed by atoms with Crippen molar-refractivity contribution in [1.29, 1.82) is 0 Å². The fourth-order valence-corrected chi connectivity index (χ4v) is 2.39. The Morgan fingerprint density at radius 3 is 2.75 bits per heavy atom. The van der Waals surface area contributed by atoms with E-state index in [1.54, 1.807) is 11.4 Å². The van der Waals surface area contributed by atoms with Crippen LogP contribution in [0.3, 0.4) is 0 Å². The molecule has 0 aliphatic heterocycles. The fraction of sp³-hybridized carbons (Fsp3) is 0. The van der Waals surface area contributed by atoms with E-state index in [1.807, 2.05) is 0 Å². The van der Waals surface area contributed by atoms with Crippen molar-refractivity contribution in [3.8, 4) is 10.6 Å². The van der Waals surface area contributed by atoms with E-state index in [-0.39, 0.29) is 16.7 Å². The summed E-state index contributed by atoms with van der Waals surface area (Å²) in [5.41, 5.74) is -0.0706. The van der Waals surface area contributed by atoms with Crippen molar-refractivity contribution >= 4 is 40.2 Å². The lowest BCUT2D eigenvalue weighted by atomic mass is 10.3. The van der Waals surface area contributed by atoms with Crippen LogP contribution >= 0.6 is 34.5 Å². The van der Waals surface area contributed by atoms with Gasteiger partial charge in [-0.15, -0.1) is 11.3 Å². The van der Waals surface area contributed by atoms with Gasteiger partial charge < -0.3 is 0 Å². The lowest BCUT2D eigenvalue weighted by Gasteiger charge is -1.99. The summed E-state index contributed by atoms with van der Waals surface area (Å²) in [5.74, 6) is 0. The molecule has 2 heterocycles. The van der Waals surface area contributed by atoms with Crippen molar-refractivity contribution in [2.45, 2.75) is 0 Å². The molecule has 0 N–H and O–H groups in total. The third-order valence-electron chi connectivity index (χ3n) is 1.77. The zero-order valence-electron chi connectivity index (χ0n) is 7.55. The SMILES string of the molecule is O=[N+]([O-])c1cnc(Cl)nc1-c1sccc1Cl. The summed E-state index contributed by atoms with van der Waals surface area (Å²) in [7, 11) is 0. The van der Waals surface area contributed by atoms with Crippen LogP contribution in [0.5, 0.6) is 0 Å². The van der Waals surface area contributed by atoms with Gasteiger partial charge in [0.2, 0.25) is 5.28 Å². The van der Waals surface area contributed by atoms with Gasteiger partial charge in [0.1, 0.15) is 6.20 Å². The Bertz CT molecular complexity index is 558. The highest BCUT2D eigenvalue weighted by atomic mass is 35.5. The second-order valence-corrected chi connectivity index (χ2v) is 4.39.